The Hall–Kier alpha value is -0.0900. The number of alkyl halides is 1. The summed E-state index contributed by atoms with van der Waals surface area (Å²) in [6.45, 7) is 2.30. The fraction of sp³-hybridized carbons (Fsp3) is 0.667. The van der Waals surface area contributed by atoms with Gasteiger partial charge in [0, 0.05) is 29.5 Å². The van der Waals surface area contributed by atoms with E-state index in [4.69, 9.17) is 0 Å². The van der Waals surface area contributed by atoms with Crippen molar-refractivity contribution in [3.8, 4) is 0 Å². The maximum absolute atomic E-state index is 4.34. The quantitative estimate of drug-likeness (QED) is 0.722. The van der Waals surface area contributed by atoms with Crippen LogP contribution in [0.1, 0.15) is 19.3 Å². The summed E-state index contributed by atoms with van der Waals surface area (Å²) in [5.74, 6) is 0. The molecular formula is C9H13BrN2S. The highest BCUT2D eigenvalue weighted by Crippen LogP contribution is 2.23. The molecule has 2 rings (SSSR count). The van der Waals surface area contributed by atoms with Crippen molar-refractivity contribution >= 4 is 32.4 Å². The zero-order chi connectivity index (χ0) is 9.10. The van der Waals surface area contributed by atoms with Gasteiger partial charge in [-0.3, -0.25) is 0 Å². The molecule has 2 heterocycles. The summed E-state index contributed by atoms with van der Waals surface area (Å²) in [7, 11) is 0. The summed E-state index contributed by atoms with van der Waals surface area (Å²) in [5, 5.41) is 3.23. The Labute approximate surface area is 91.1 Å². The van der Waals surface area contributed by atoms with Crippen LogP contribution in [0.4, 0.5) is 5.13 Å². The minimum absolute atomic E-state index is 0.706. The topological polar surface area (TPSA) is 16.1 Å². The van der Waals surface area contributed by atoms with Gasteiger partial charge in [0.15, 0.2) is 5.13 Å². The van der Waals surface area contributed by atoms with E-state index < -0.39 is 0 Å². The van der Waals surface area contributed by atoms with Gasteiger partial charge in [-0.15, -0.1) is 11.3 Å². The lowest BCUT2D eigenvalue weighted by molar-refractivity contribution is 0.754. The van der Waals surface area contributed by atoms with Gasteiger partial charge in [-0.05, 0) is 19.3 Å². The predicted molar refractivity (Wildman–Crippen MR) is 60.9 cm³/mol. The molecule has 1 aliphatic heterocycles. The highest BCUT2D eigenvalue weighted by atomic mass is 79.9. The van der Waals surface area contributed by atoms with Gasteiger partial charge in [0.05, 0.1) is 0 Å². The Morgan fingerprint density at radius 2 is 2.38 bits per heavy atom. The summed E-state index contributed by atoms with van der Waals surface area (Å²) >= 11 is 5.42. The van der Waals surface area contributed by atoms with Crippen LogP contribution in [0.15, 0.2) is 11.6 Å². The van der Waals surface area contributed by atoms with Crippen LogP contribution in [0.5, 0.6) is 0 Å². The second-order valence-electron chi connectivity index (χ2n) is 3.33. The molecule has 0 N–H and O–H groups in total. The van der Waals surface area contributed by atoms with E-state index in [0.29, 0.717) is 4.83 Å². The number of aromatic nitrogens is 1. The van der Waals surface area contributed by atoms with E-state index in [9.17, 15) is 0 Å². The average Bonchev–Trinajstić information content (AvgIpc) is 2.56. The van der Waals surface area contributed by atoms with E-state index in [2.05, 4.69) is 25.8 Å². The van der Waals surface area contributed by atoms with E-state index in [0.717, 1.165) is 13.1 Å². The van der Waals surface area contributed by atoms with E-state index >= 15 is 0 Å². The molecule has 1 saturated heterocycles. The molecule has 1 aromatic rings. The molecule has 1 aliphatic rings. The fourth-order valence-electron chi connectivity index (χ4n) is 1.62. The molecule has 0 aromatic carbocycles. The van der Waals surface area contributed by atoms with Gasteiger partial charge in [0.1, 0.15) is 0 Å². The summed E-state index contributed by atoms with van der Waals surface area (Å²) in [4.78, 5) is 7.44. The molecule has 0 saturated carbocycles. The molecule has 2 nitrogen and oxygen atoms in total. The SMILES string of the molecule is BrC1CCCN(c2nccs2)CC1. The lowest BCUT2D eigenvalue weighted by Gasteiger charge is -2.18. The molecule has 1 atom stereocenters. The largest absolute Gasteiger partial charge is 0.348 e. The number of rotatable bonds is 1. The predicted octanol–water partition coefficient (Wildman–Crippen LogP) is 2.90. The number of halogens is 1. The smallest absolute Gasteiger partial charge is 0.185 e. The molecule has 0 aliphatic carbocycles. The minimum atomic E-state index is 0.706. The minimum Gasteiger partial charge on any atom is -0.348 e. The summed E-state index contributed by atoms with van der Waals surface area (Å²) in [6, 6.07) is 0. The first-order chi connectivity index (χ1) is 6.36. The normalized spacial score (nSPS) is 24.4. The van der Waals surface area contributed by atoms with Crippen LogP contribution in [-0.4, -0.2) is 22.9 Å². The third kappa shape index (κ3) is 2.44. The Bertz CT molecular complexity index is 250. The molecule has 1 unspecified atom stereocenters. The molecule has 0 radical (unpaired) electrons. The number of hydrogen-bond donors (Lipinski definition) is 0. The molecule has 0 spiro atoms. The number of hydrogen-bond acceptors (Lipinski definition) is 3. The monoisotopic (exact) mass is 260 g/mol. The van der Waals surface area contributed by atoms with Crippen molar-refractivity contribution in [1.82, 2.24) is 4.98 Å². The third-order valence-electron chi connectivity index (χ3n) is 2.35. The number of anilines is 1. The van der Waals surface area contributed by atoms with Gasteiger partial charge in [0.2, 0.25) is 0 Å². The zero-order valence-corrected chi connectivity index (χ0v) is 9.85. The molecule has 72 valence electrons. The van der Waals surface area contributed by atoms with Gasteiger partial charge < -0.3 is 4.90 Å². The Kier molecular flexibility index (Phi) is 3.22. The van der Waals surface area contributed by atoms with Crippen molar-refractivity contribution in [2.75, 3.05) is 18.0 Å². The van der Waals surface area contributed by atoms with Crippen LogP contribution < -0.4 is 4.90 Å². The van der Waals surface area contributed by atoms with Crippen molar-refractivity contribution < 1.29 is 0 Å². The lowest BCUT2D eigenvalue weighted by Crippen LogP contribution is -2.23. The van der Waals surface area contributed by atoms with Crippen molar-refractivity contribution in [1.29, 1.82) is 0 Å². The molecule has 0 amide bonds. The van der Waals surface area contributed by atoms with Crippen LogP contribution >= 0.6 is 27.3 Å². The van der Waals surface area contributed by atoms with E-state index in [1.54, 1.807) is 11.3 Å². The van der Waals surface area contributed by atoms with Crippen LogP contribution in [-0.2, 0) is 0 Å². The van der Waals surface area contributed by atoms with E-state index in [-0.39, 0.29) is 0 Å². The molecule has 4 heteroatoms. The van der Waals surface area contributed by atoms with Gasteiger partial charge >= 0.3 is 0 Å². The van der Waals surface area contributed by atoms with E-state index in [1.165, 1.54) is 24.4 Å². The first-order valence-corrected chi connectivity index (χ1v) is 6.44. The van der Waals surface area contributed by atoms with Crippen LogP contribution in [0.2, 0.25) is 0 Å². The maximum atomic E-state index is 4.34. The van der Waals surface area contributed by atoms with Gasteiger partial charge in [-0.1, -0.05) is 15.9 Å². The van der Waals surface area contributed by atoms with Gasteiger partial charge in [-0.2, -0.15) is 0 Å². The second-order valence-corrected chi connectivity index (χ2v) is 5.50. The highest BCUT2D eigenvalue weighted by Gasteiger charge is 2.15. The second kappa shape index (κ2) is 4.42. The number of nitrogens with zero attached hydrogens (tertiary/aromatic N) is 2. The summed E-state index contributed by atoms with van der Waals surface area (Å²) < 4.78 is 0. The van der Waals surface area contributed by atoms with Crippen molar-refractivity contribution in [3.05, 3.63) is 11.6 Å². The summed E-state index contributed by atoms with van der Waals surface area (Å²) in [5.41, 5.74) is 0. The van der Waals surface area contributed by atoms with Gasteiger partial charge in [0.25, 0.3) is 0 Å². The van der Waals surface area contributed by atoms with Crippen molar-refractivity contribution in [2.45, 2.75) is 24.1 Å². The Morgan fingerprint density at radius 1 is 1.46 bits per heavy atom. The zero-order valence-electron chi connectivity index (χ0n) is 7.45. The third-order valence-corrected chi connectivity index (χ3v) is 4.10. The van der Waals surface area contributed by atoms with Crippen molar-refractivity contribution in [2.24, 2.45) is 0 Å². The standard InChI is InChI=1S/C9H13BrN2S/c10-8-2-1-5-12(6-3-8)9-11-4-7-13-9/h4,7-8H,1-3,5-6H2. The van der Waals surface area contributed by atoms with Crippen LogP contribution in [0, 0.1) is 0 Å². The molecular weight excluding hydrogens is 248 g/mol. The first-order valence-electron chi connectivity index (χ1n) is 4.65. The summed E-state index contributed by atoms with van der Waals surface area (Å²) in [6.07, 6.45) is 5.69. The van der Waals surface area contributed by atoms with E-state index in [1.807, 2.05) is 11.6 Å². The molecule has 1 fully saturated rings. The fourth-order valence-corrected chi connectivity index (χ4v) is 2.84. The molecule has 0 bridgehead atoms. The first kappa shape index (κ1) is 9.46. The average molecular weight is 261 g/mol. The maximum Gasteiger partial charge on any atom is 0.185 e. The number of thiazole rings is 1. The molecule has 13 heavy (non-hydrogen) atoms. The van der Waals surface area contributed by atoms with Crippen LogP contribution in [0.25, 0.3) is 0 Å². The Balaban J connectivity index is 2.00. The lowest BCUT2D eigenvalue weighted by atomic mass is 10.2. The molecule has 1 aromatic heterocycles. The van der Waals surface area contributed by atoms with Gasteiger partial charge in [-0.25, -0.2) is 4.98 Å². The Morgan fingerprint density at radius 3 is 3.15 bits per heavy atom. The highest BCUT2D eigenvalue weighted by molar-refractivity contribution is 9.09. The van der Waals surface area contributed by atoms with Crippen molar-refractivity contribution in [3.63, 3.8) is 0 Å². The van der Waals surface area contributed by atoms with Crippen LogP contribution in [0.3, 0.4) is 0 Å².